The summed E-state index contributed by atoms with van der Waals surface area (Å²) in [6.07, 6.45) is 3.11. The number of rotatable bonds is 6. The molecule has 1 aliphatic rings. The van der Waals surface area contributed by atoms with Crippen LogP contribution in [0.15, 0.2) is 48.5 Å². The molecule has 1 heterocycles. The summed E-state index contributed by atoms with van der Waals surface area (Å²) < 4.78 is 15.4. The number of nitriles is 1. The van der Waals surface area contributed by atoms with Gasteiger partial charge in [-0.3, -0.25) is 4.79 Å². The Morgan fingerprint density at radius 2 is 1.93 bits per heavy atom. The van der Waals surface area contributed by atoms with Crippen LogP contribution in [0, 0.1) is 11.3 Å². The van der Waals surface area contributed by atoms with Crippen LogP contribution in [0.3, 0.4) is 0 Å². The molecule has 0 saturated carbocycles. The Labute approximate surface area is 155 Å². The van der Waals surface area contributed by atoms with Crippen molar-refractivity contribution in [1.82, 2.24) is 0 Å². The fourth-order valence-electron chi connectivity index (χ4n) is 2.36. The van der Waals surface area contributed by atoms with Crippen LogP contribution in [0.5, 0.6) is 11.5 Å². The molecular formula is C20H16N2O5. The van der Waals surface area contributed by atoms with Gasteiger partial charge in [-0.25, -0.2) is 4.79 Å². The summed E-state index contributed by atoms with van der Waals surface area (Å²) in [6, 6.07) is 14.2. The third kappa shape index (κ3) is 5.09. The lowest BCUT2D eigenvalue weighted by Crippen LogP contribution is -2.20. The quantitative estimate of drug-likeness (QED) is 0.625. The number of benzene rings is 2. The smallest absolute Gasteiger partial charge is 0.331 e. The van der Waals surface area contributed by atoms with Crippen LogP contribution >= 0.6 is 0 Å². The molecule has 0 bridgehead atoms. The minimum absolute atomic E-state index is 0.181. The highest BCUT2D eigenvalue weighted by molar-refractivity contribution is 5.94. The third-order valence-electron chi connectivity index (χ3n) is 3.67. The number of anilines is 1. The van der Waals surface area contributed by atoms with Crippen molar-refractivity contribution in [2.45, 2.75) is 6.42 Å². The van der Waals surface area contributed by atoms with Gasteiger partial charge >= 0.3 is 5.97 Å². The van der Waals surface area contributed by atoms with Gasteiger partial charge in [0.2, 0.25) is 6.79 Å². The second-order valence-electron chi connectivity index (χ2n) is 5.63. The van der Waals surface area contributed by atoms with Crippen molar-refractivity contribution in [3.05, 3.63) is 59.7 Å². The molecule has 2 aromatic rings. The first-order chi connectivity index (χ1) is 13.1. The van der Waals surface area contributed by atoms with E-state index in [-0.39, 0.29) is 6.79 Å². The molecule has 136 valence electrons. The molecular weight excluding hydrogens is 348 g/mol. The summed E-state index contributed by atoms with van der Waals surface area (Å²) >= 11 is 0. The second-order valence-corrected chi connectivity index (χ2v) is 5.63. The van der Waals surface area contributed by atoms with Crippen molar-refractivity contribution >= 4 is 23.6 Å². The summed E-state index contributed by atoms with van der Waals surface area (Å²) in [5.74, 6) is 0.192. The lowest BCUT2D eigenvalue weighted by atomic mass is 10.1. The van der Waals surface area contributed by atoms with E-state index in [4.69, 9.17) is 19.5 Å². The van der Waals surface area contributed by atoms with Gasteiger partial charge in [-0.1, -0.05) is 18.2 Å². The fourth-order valence-corrected chi connectivity index (χ4v) is 2.36. The fraction of sp³-hybridized carbons (Fsp3) is 0.150. The summed E-state index contributed by atoms with van der Waals surface area (Å²) in [5.41, 5.74) is 2.17. The zero-order valence-electron chi connectivity index (χ0n) is 14.3. The Morgan fingerprint density at radius 1 is 1.15 bits per heavy atom. The number of hydrogen-bond donors (Lipinski definition) is 1. The molecule has 1 amide bonds. The van der Waals surface area contributed by atoms with E-state index in [2.05, 4.69) is 5.32 Å². The molecule has 0 unspecified atom stereocenters. The first kappa shape index (κ1) is 18.0. The largest absolute Gasteiger partial charge is 0.454 e. The molecule has 7 nitrogen and oxygen atoms in total. The molecule has 3 rings (SSSR count). The van der Waals surface area contributed by atoms with Gasteiger partial charge in [0.05, 0.1) is 12.5 Å². The predicted molar refractivity (Wildman–Crippen MR) is 96.9 cm³/mol. The van der Waals surface area contributed by atoms with E-state index in [1.54, 1.807) is 48.5 Å². The molecule has 0 aliphatic carbocycles. The lowest BCUT2D eigenvalue weighted by Gasteiger charge is -2.06. The van der Waals surface area contributed by atoms with Gasteiger partial charge in [0.1, 0.15) is 0 Å². The summed E-state index contributed by atoms with van der Waals surface area (Å²) in [6.45, 7) is -0.217. The summed E-state index contributed by atoms with van der Waals surface area (Å²) in [4.78, 5) is 23.6. The summed E-state index contributed by atoms with van der Waals surface area (Å²) in [7, 11) is 0. The van der Waals surface area contributed by atoms with Crippen molar-refractivity contribution in [3.63, 3.8) is 0 Å². The zero-order chi connectivity index (χ0) is 19.1. The molecule has 7 heteroatoms. The molecule has 2 aromatic carbocycles. The van der Waals surface area contributed by atoms with Gasteiger partial charge in [0.25, 0.3) is 5.91 Å². The highest BCUT2D eigenvalue weighted by Gasteiger charge is 2.12. The highest BCUT2D eigenvalue weighted by Crippen LogP contribution is 2.32. The van der Waals surface area contributed by atoms with E-state index < -0.39 is 18.5 Å². The minimum Gasteiger partial charge on any atom is -0.454 e. The van der Waals surface area contributed by atoms with E-state index >= 15 is 0 Å². The summed E-state index contributed by atoms with van der Waals surface area (Å²) in [5, 5.41) is 11.2. The number of hydrogen-bond acceptors (Lipinski definition) is 6. The van der Waals surface area contributed by atoms with E-state index in [1.807, 2.05) is 6.07 Å². The van der Waals surface area contributed by atoms with Gasteiger partial charge in [-0.2, -0.15) is 5.26 Å². The van der Waals surface area contributed by atoms with E-state index in [0.717, 1.165) is 11.1 Å². The number of esters is 1. The Bertz CT molecular complexity index is 913. The first-order valence-corrected chi connectivity index (χ1v) is 8.14. The lowest BCUT2D eigenvalue weighted by molar-refractivity contribution is -0.142. The highest BCUT2D eigenvalue weighted by atomic mass is 16.7. The van der Waals surface area contributed by atoms with E-state index in [9.17, 15) is 9.59 Å². The van der Waals surface area contributed by atoms with E-state index in [0.29, 0.717) is 23.6 Å². The average molecular weight is 364 g/mol. The van der Waals surface area contributed by atoms with Gasteiger partial charge in [0.15, 0.2) is 18.1 Å². The van der Waals surface area contributed by atoms with Crippen molar-refractivity contribution in [3.8, 4) is 17.6 Å². The Kier molecular flexibility index (Phi) is 5.70. The number of fused-ring (bicyclic) bond motifs is 1. The monoisotopic (exact) mass is 364 g/mol. The number of nitrogens with zero attached hydrogens (tertiary/aromatic N) is 1. The molecule has 27 heavy (non-hydrogen) atoms. The number of nitrogens with one attached hydrogen (secondary N) is 1. The van der Waals surface area contributed by atoms with Crippen LogP contribution in [-0.2, 0) is 20.7 Å². The first-order valence-electron chi connectivity index (χ1n) is 8.14. The Hall–Kier alpha value is -3.79. The second kappa shape index (κ2) is 8.54. The molecule has 0 fully saturated rings. The van der Waals surface area contributed by atoms with Crippen molar-refractivity contribution in [2.75, 3.05) is 18.7 Å². The number of carbonyl (C=O) groups excluding carboxylic acids is 2. The molecule has 1 aliphatic heterocycles. The normalized spacial score (nSPS) is 11.8. The van der Waals surface area contributed by atoms with Gasteiger partial charge in [-0.05, 0) is 41.5 Å². The molecule has 0 radical (unpaired) electrons. The van der Waals surface area contributed by atoms with Crippen LogP contribution in [0.25, 0.3) is 6.08 Å². The van der Waals surface area contributed by atoms with Crippen LogP contribution < -0.4 is 14.8 Å². The van der Waals surface area contributed by atoms with Crippen LogP contribution in [0.4, 0.5) is 5.69 Å². The maximum Gasteiger partial charge on any atom is 0.331 e. The topological polar surface area (TPSA) is 97.7 Å². The van der Waals surface area contributed by atoms with Gasteiger partial charge < -0.3 is 19.5 Å². The number of ether oxygens (including phenoxy) is 3. The number of amides is 1. The molecule has 0 aromatic heterocycles. The van der Waals surface area contributed by atoms with Gasteiger partial charge in [0, 0.05) is 11.8 Å². The molecule has 0 atom stereocenters. The Balaban J connectivity index is 1.45. The minimum atomic E-state index is -0.632. The maximum absolute atomic E-state index is 11.8. The molecule has 0 spiro atoms. The molecule has 1 N–H and O–H groups in total. The number of carbonyl (C=O) groups is 2. The third-order valence-corrected chi connectivity index (χ3v) is 3.67. The Morgan fingerprint density at radius 3 is 2.70 bits per heavy atom. The molecule has 0 saturated heterocycles. The van der Waals surface area contributed by atoms with Crippen molar-refractivity contribution < 1.29 is 23.8 Å². The van der Waals surface area contributed by atoms with E-state index in [1.165, 1.54) is 6.08 Å². The van der Waals surface area contributed by atoms with Gasteiger partial charge in [-0.15, -0.1) is 0 Å². The van der Waals surface area contributed by atoms with Crippen LogP contribution in [0.1, 0.15) is 11.1 Å². The zero-order valence-corrected chi connectivity index (χ0v) is 14.3. The average Bonchev–Trinajstić information content (AvgIpc) is 3.14. The van der Waals surface area contributed by atoms with Crippen LogP contribution in [0.2, 0.25) is 0 Å². The van der Waals surface area contributed by atoms with Crippen molar-refractivity contribution in [1.29, 1.82) is 5.26 Å². The predicted octanol–water partition coefficient (Wildman–Crippen LogP) is 2.68. The van der Waals surface area contributed by atoms with Crippen molar-refractivity contribution in [2.24, 2.45) is 0 Å². The SMILES string of the molecule is N#CCc1ccc(NC(=O)COC(=O)/C=C/c2ccc3c(c2)OCO3)cc1. The maximum atomic E-state index is 11.8. The van der Waals surface area contributed by atoms with Crippen LogP contribution in [-0.4, -0.2) is 25.3 Å². The standard InChI is InChI=1S/C20H16N2O5/c21-10-9-14-1-5-16(6-2-14)22-19(23)12-25-20(24)8-4-15-3-7-17-18(11-15)27-13-26-17/h1-8,11H,9,12-13H2,(H,22,23)/b8-4+.